The lowest BCUT2D eigenvalue weighted by Gasteiger charge is -2.02. The Morgan fingerprint density at radius 1 is 1.20 bits per heavy atom. The van der Waals surface area contributed by atoms with Crippen LogP contribution in [-0.2, 0) is 6.42 Å². The molecule has 0 saturated heterocycles. The zero-order chi connectivity index (χ0) is 14.1. The van der Waals surface area contributed by atoms with Crippen molar-refractivity contribution in [3.8, 4) is 17.3 Å². The Morgan fingerprint density at radius 3 is 2.65 bits per heavy atom. The van der Waals surface area contributed by atoms with Gasteiger partial charge in [0.15, 0.2) is 0 Å². The molecule has 98 valence electrons. The Kier molecular flexibility index (Phi) is 3.45. The Balaban J connectivity index is 2.26. The van der Waals surface area contributed by atoms with Crippen molar-refractivity contribution in [3.05, 3.63) is 57.4 Å². The number of rotatable bonds is 2. The fourth-order valence-corrected chi connectivity index (χ4v) is 2.64. The Hall–Kier alpha value is -1.87. The first kappa shape index (κ1) is 13.1. The van der Waals surface area contributed by atoms with Crippen molar-refractivity contribution in [1.82, 2.24) is 9.38 Å². The third kappa shape index (κ3) is 2.29. The molecule has 3 aromatic rings. The average molecular weight is 373 g/mol. The summed E-state index contributed by atoms with van der Waals surface area (Å²) in [6.45, 7) is 2.04. The monoisotopic (exact) mass is 373 g/mol. The molecule has 0 saturated carbocycles. The van der Waals surface area contributed by atoms with Crippen LogP contribution >= 0.6 is 22.6 Å². The largest absolute Gasteiger partial charge is 0.302 e. The van der Waals surface area contributed by atoms with Gasteiger partial charge in [-0.05, 0) is 53.3 Å². The molecule has 0 fully saturated rings. The highest BCUT2D eigenvalue weighted by molar-refractivity contribution is 14.1. The smallest absolute Gasteiger partial charge is 0.137 e. The van der Waals surface area contributed by atoms with E-state index in [1.807, 2.05) is 29.7 Å². The number of aryl methyl sites for hydroxylation is 1. The van der Waals surface area contributed by atoms with E-state index in [1.165, 1.54) is 3.57 Å². The number of imidazole rings is 1. The number of hydrogen-bond donors (Lipinski definition) is 0. The fourth-order valence-electron chi connectivity index (χ4n) is 2.28. The lowest BCUT2D eigenvalue weighted by atomic mass is 10.1. The van der Waals surface area contributed by atoms with E-state index in [2.05, 4.69) is 57.9 Å². The van der Waals surface area contributed by atoms with Crippen LogP contribution in [0.25, 0.3) is 16.9 Å². The maximum Gasteiger partial charge on any atom is 0.137 e. The normalized spacial score (nSPS) is 10.7. The summed E-state index contributed by atoms with van der Waals surface area (Å²) >= 11 is 2.28. The van der Waals surface area contributed by atoms with Crippen LogP contribution in [0, 0.1) is 21.8 Å². The molecule has 0 radical (unpaired) electrons. The van der Waals surface area contributed by atoms with Gasteiger partial charge < -0.3 is 4.40 Å². The van der Waals surface area contributed by atoms with Gasteiger partial charge >= 0.3 is 0 Å². The first-order chi connectivity index (χ1) is 9.69. The summed E-state index contributed by atoms with van der Waals surface area (Å²) in [5.74, 6) is 0. The van der Waals surface area contributed by atoms with Crippen molar-refractivity contribution in [2.75, 3.05) is 0 Å². The number of pyridine rings is 1. The van der Waals surface area contributed by atoms with Crippen LogP contribution in [0.1, 0.15) is 11.3 Å². The molecule has 4 heteroatoms. The number of nitriles is 1. The molecule has 20 heavy (non-hydrogen) atoms. The maximum absolute atomic E-state index is 9.09. The minimum Gasteiger partial charge on any atom is -0.302 e. The zero-order valence-corrected chi connectivity index (χ0v) is 13.1. The minimum absolute atomic E-state index is 0.353. The highest BCUT2D eigenvalue weighted by Gasteiger charge is 2.13. The van der Waals surface area contributed by atoms with Gasteiger partial charge in [-0.25, -0.2) is 4.98 Å². The van der Waals surface area contributed by atoms with Crippen LogP contribution in [0.4, 0.5) is 0 Å². The van der Waals surface area contributed by atoms with Crippen LogP contribution in [0.15, 0.2) is 42.6 Å². The highest BCUT2D eigenvalue weighted by atomic mass is 127. The summed E-state index contributed by atoms with van der Waals surface area (Å²) in [5.41, 5.74) is 4.94. The van der Waals surface area contributed by atoms with E-state index in [9.17, 15) is 0 Å². The SMILES string of the molecule is Cc1ccc2nc(-c3ccc(I)cc3)c(CC#N)n2c1. The van der Waals surface area contributed by atoms with E-state index in [0.717, 1.165) is 28.2 Å². The predicted molar refractivity (Wildman–Crippen MR) is 87.4 cm³/mol. The van der Waals surface area contributed by atoms with Gasteiger partial charge in [-0.15, -0.1) is 0 Å². The first-order valence-corrected chi connectivity index (χ1v) is 7.37. The summed E-state index contributed by atoms with van der Waals surface area (Å²) in [6.07, 6.45) is 2.39. The summed E-state index contributed by atoms with van der Waals surface area (Å²) in [5, 5.41) is 9.09. The summed E-state index contributed by atoms with van der Waals surface area (Å²) in [7, 11) is 0. The Morgan fingerprint density at radius 2 is 1.95 bits per heavy atom. The van der Waals surface area contributed by atoms with Crippen molar-refractivity contribution in [3.63, 3.8) is 0 Å². The molecule has 0 atom stereocenters. The third-order valence-electron chi connectivity index (χ3n) is 3.23. The summed E-state index contributed by atoms with van der Waals surface area (Å²) in [4.78, 5) is 4.68. The molecule has 0 unspecified atom stereocenters. The fraction of sp³-hybridized carbons (Fsp3) is 0.125. The van der Waals surface area contributed by atoms with E-state index in [1.54, 1.807) is 0 Å². The van der Waals surface area contributed by atoms with Gasteiger partial charge in [0, 0.05) is 15.3 Å². The molecule has 0 aliphatic carbocycles. The topological polar surface area (TPSA) is 41.1 Å². The second-order valence-corrected chi connectivity index (χ2v) is 5.93. The van der Waals surface area contributed by atoms with E-state index in [0.29, 0.717) is 6.42 Å². The molecule has 1 aromatic carbocycles. The van der Waals surface area contributed by atoms with E-state index >= 15 is 0 Å². The van der Waals surface area contributed by atoms with Crippen LogP contribution in [-0.4, -0.2) is 9.38 Å². The van der Waals surface area contributed by atoms with Crippen LogP contribution in [0.2, 0.25) is 0 Å². The van der Waals surface area contributed by atoms with Crippen molar-refractivity contribution in [2.45, 2.75) is 13.3 Å². The zero-order valence-electron chi connectivity index (χ0n) is 11.0. The second kappa shape index (κ2) is 5.25. The molecule has 0 amide bonds. The van der Waals surface area contributed by atoms with Crippen LogP contribution in [0.3, 0.4) is 0 Å². The minimum atomic E-state index is 0.353. The molecule has 0 bridgehead atoms. The maximum atomic E-state index is 9.09. The number of halogens is 1. The Bertz CT molecular complexity index is 810. The molecule has 3 nitrogen and oxygen atoms in total. The van der Waals surface area contributed by atoms with Gasteiger partial charge in [0.25, 0.3) is 0 Å². The third-order valence-corrected chi connectivity index (χ3v) is 3.95. The van der Waals surface area contributed by atoms with Crippen molar-refractivity contribution in [1.29, 1.82) is 5.26 Å². The molecule has 0 N–H and O–H groups in total. The standard InChI is InChI=1S/C16H12IN3/c1-11-2-7-15-19-16(12-3-5-13(17)6-4-12)14(8-9-18)20(15)10-11/h2-7,10H,8H2,1H3. The number of fused-ring (bicyclic) bond motifs is 1. The van der Waals surface area contributed by atoms with Gasteiger partial charge in [0.1, 0.15) is 5.65 Å². The van der Waals surface area contributed by atoms with E-state index < -0.39 is 0 Å². The average Bonchev–Trinajstić information content (AvgIpc) is 2.79. The second-order valence-electron chi connectivity index (χ2n) is 4.68. The number of hydrogen-bond acceptors (Lipinski definition) is 2. The quantitative estimate of drug-likeness (QED) is 0.638. The molecule has 0 aliphatic heterocycles. The van der Waals surface area contributed by atoms with Gasteiger partial charge in [-0.3, -0.25) is 0 Å². The summed E-state index contributed by atoms with van der Waals surface area (Å²) in [6, 6.07) is 14.5. The summed E-state index contributed by atoms with van der Waals surface area (Å²) < 4.78 is 3.21. The van der Waals surface area contributed by atoms with Crippen LogP contribution in [0.5, 0.6) is 0 Å². The van der Waals surface area contributed by atoms with Gasteiger partial charge in [0.05, 0.1) is 23.9 Å². The highest BCUT2D eigenvalue weighted by Crippen LogP contribution is 2.25. The molecule has 3 rings (SSSR count). The molecular weight excluding hydrogens is 361 g/mol. The molecular formula is C16H12IN3. The number of aromatic nitrogens is 2. The van der Waals surface area contributed by atoms with Gasteiger partial charge in [-0.2, -0.15) is 5.26 Å². The van der Waals surface area contributed by atoms with Gasteiger partial charge in [-0.1, -0.05) is 18.2 Å². The number of benzene rings is 1. The lowest BCUT2D eigenvalue weighted by molar-refractivity contribution is 1.04. The molecule has 0 aliphatic rings. The lowest BCUT2D eigenvalue weighted by Crippen LogP contribution is -1.94. The molecule has 2 aromatic heterocycles. The van der Waals surface area contributed by atoms with E-state index in [-0.39, 0.29) is 0 Å². The van der Waals surface area contributed by atoms with Crippen LogP contribution < -0.4 is 0 Å². The van der Waals surface area contributed by atoms with E-state index in [4.69, 9.17) is 5.26 Å². The van der Waals surface area contributed by atoms with Crippen molar-refractivity contribution < 1.29 is 0 Å². The van der Waals surface area contributed by atoms with Gasteiger partial charge in [0.2, 0.25) is 0 Å². The first-order valence-electron chi connectivity index (χ1n) is 6.29. The predicted octanol–water partition coefficient (Wildman–Crippen LogP) is 3.98. The van der Waals surface area contributed by atoms with Crippen molar-refractivity contribution in [2.24, 2.45) is 0 Å². The molecule has 2 heterocycles. The molecule has 0 spiro atoms. The van der Waals surface area contributed by atoms with Crippen molar-refractivity contribution >= 4 is 28.2 Å². The Labute approximate surface area is 131 Å². The number of nitrogens with zero attached hydrogens (tertiary/aromatic N) is 3.